The molecule has 0 bridgehead atoms. The van der Waals surface area contributed by atoms with E-state index in [1.54, 1.807) is 0 Å². The second-order valence-corrected chi connectivity index (χ2v) is 5.11. The predicted molar refractivity (Wildman–Crippen MR) is 77.3 cm³/mol. The Kier molecular flexibility index (Phi) is 3.08. The summed E-state index contributed by atoms with van der Waals surface area (Å²) in [6.45, 7) is 4.18. The van der Waals surface area contributed by atoms with Crippen molar-refractivity contribution in [2.24, 2.45) is 5.16 Å². The third-order valence-corrected chi connectivity index (χ3v) is 3.50. The molecule has 2 heteroatoms. The summed E-state index contributed by atoms with van der Waals surface area (Å²) in [6, 6.07) is 16.9. The molecular formula is C17H17NO. The van der Waals surface area contributed by atoms with Crippen LogP contribution in [0.3, 0.4) is 0 Å². The number of oxime groups is 1. The molecule has 0 aromatic heterocycles. The minimum absolute atomic E-state index is 0.0527. The molecule has 1 unspecified atom stereocenters. The van der Waals surface area contributed by atoms with Crippen LogP contribution in [-0.2, 0) is 4.84 Å². The van der Waals surface area contributed by atoms with Crippen molar-refractivity contribution in [3.63, 3.8) is 0 Å². The van der Waals surface area contributed by atoms with E-state index in [9.17, 15) is 0 Å². The van der Waals surface area contributed by atoms with Gasteiger partial charge in [0.05, 0.1) is 5.71 Å². The summed E-state index contributed by atoms with van der Waals surface area (Å²) in [5.74, 6) is 0. The Morgan fingerprint density at radius 3 is 2.11 bits per heavy atom. The lowest BCUT2D eigenvalue weighted by Crippen LogP contribution is -2.01. The topological polar surface area (TPSA) is 21.6 Å². The van der Waals surface area contributed by atoms with Crippen molar-refractivity contribution in [3.8, 4) is 0 Å². The average Bonchev–Trinajstić information content (AvgIpc) is 2.90. The van der Waals surface area contributed by atoms with Gasteiger partial charge in [0.25, 0.3) is 0 Å². The van der Waals surface area contributed by atoms with Gasteiger partial charge in [-0.05, 0) is 25.0 Å². The fraction of sp³-hybridized carbons (Fsp3) is 0.235. The molecule has 1 heterocycles. The van der Waals surface area contributed by atoms with Crippen LogP contribution in [0.2, 0.25) is 0 Å². The molecule has 0 saturated carbocycles. The molecule has 0 aliphatic carbocycles. The van der Waals surface area contributed by atoms with Crippen LogP contribution < -0.4 is 0 Å². The Labute approximate surface area is 113 Å². The average molecular weight is 251 g/mol. The molecule has 2 nitrogen and oxygen atoms in total. The summed E-state index contributed by atoms with van der Waals surface area (Å²) in [5.41, 5.74) is 5.90. The zero-order valence-corrected chi connectivity index (χ0v) is 11.3. The number of nitrogens with zero attached hydrogens (tertiary/aromatic N) is 1. The van der Waals surface area contributed by atoms with Crippen LogP contribution in [-0.4, -0.2) is 5.71 Å². The van der Waals surface area contributed by atoms with Gasteiger partial charge in [-0.2, -0.15) is 0 Å². The maximum absolute atomic E-state index is 5.56. The first kappa shape index (κ1) is 12.0. The summed E-state index contributed by atoms with van der Waals surface area (Å²) in [5, 5.41) is 4.23. The molecule has 0 saturated heterocycles. The Morgan fingerprint density at radius 1 is 0.895 bits per heavy atom. The second kappa shape index (κ2) is 4.88. The Balaban J connectivity index is 1.76. The van der Waals surface area contributed by atoms with Gasteiger partial charge in [0.15, 0.2) is 6.10 Å². The van der Waals surface area contributed by atoms with Crippen molar-refractivity contribution in [3.05, 3.63) is 70.8 Å². The van der Waals surface area contributed by atoms with Crippen LogP contribution in [0.4, 0.5) is 0 Å². The van der Waals surface area contributed by atoms with Crippen molar-refractivity contribution < 1.29 is 4.84 Å². The first-order valence-corrected chi connectivity index (χ1v) is 6.59. The van der Waals surface area contributed by atoms with Crippen LogP contribution >= 0.6 is 0 Å². The largest absolute Gasteiger partial charge is 0.387 e. The van der Waals surface area contributed by atoms with E-state index in [1.807, 2.05) is 0 Å². The van der Waals surface area contributed by atoms with E-state index >= 15 is 0 Å². The standard InChI is InChI=1S/C17H17NO/c1-12-3-7-14(8-4-12)16-11-17(19-18-16)15-9-5-13(2)6-10-15/h3-10,17H,11H2,1-2H3. The van der Waals surface area contributed by atoms with Crippen molar-refractivity contribution in [1.82, 2.24) is 0 Å². The number of hydrogen-bond donors (Lipinski definition) is 0. The third-order valence-electron chi connectivity index (χ3n) is 3.50. The highest BCUT2D eigenvalue weighted by Gasteiger charge is 2.23. The Hall–Kier alpha value is -2.09. The van der Waals surface area contributed by atoms with Gasteiger partial charge in [0.2, 0.25) is 0 Å². The van der Waals surface area contributed by atoms with Gasteiger partial charge in [-0.3, -0.25) is 0 Å². The van der Waals surface area contributed by atoms with Crippen molar-refractivity contribution in [1.29, 1.82) is 0 Å². The first-order valence-electron chi connectivity index (χ1n) is 6.59. The Morgan fingerprint density at radius 2 is 1.47 bits per heavy atom. The fourth-order valence-electron chi connectivity index (χ4n) is 2.25. The number of hydrogen-bond acceptors (Lipinski definition) is 2. The van der Waals surface area contributed by atoms with Crippen molar-refractivity contribution in [2.45, 2.75) is 26.4 Å². The highest BCUT2D eigenvalue weighted by Crippen LogP contribution is 2.29. The molecule has 2 aromatic rings. The van der Waals surface area contributed by atoms with Gasteiger partial charge in [0.1, 0.15) is 0 Å². The number of rotatable bonds is 2. The molecule has 3 rings (SSSR count). The summed E-state index contributed by atoms with van der Waals surface area (Å²) >= 11 is 0. The molecular weight excluding hydrogens is 234 g/mol. The van der Waals surface area contributed by atoms with Crippen LogP contribution in [0.15, 0.2) is 53.7 Å². The molecule has 0 spiro atoms. The lowest BCUT2D eigenvalue weighted by molar-refractivity contribution is 0.0857. The van der Waals surface area contributed by atoms with E-state index in [2.05, 4.69) is 67.5 Å². The lowest BCUT2D eigenvalue weighted by Gasteiger charge is -2.08. The van der Waals surface area contributed by atoms with Gasteiger partial charge in [-0.15, -0.1) is 0 Å². The van der Waals surface area contributed by atoms with Gasteiger partial charge < -0.3 is 4.84 Å². The molecule has 1 aliphatic heterocycles. The molecule has 0 N–H and O–H groups in total. The maximum atomic E-state index is 5.56. The summed E-state index contributed by atoms with van der Waals surface area (Å²) in [7, 11) is 0. The van der Waals surface area contributed by atoms with Crippen LogP contribution in [0.1, 0.15) is 34.8 Å². The zero-order chi connectivity index (χ0) is 13.2. The normalized spacial score (nSPS) is 18.0. The van der Waals surface area contributed by atoms with E-state index in [0.717, 1.165) is 17.7 Å². The van der Waals surface area contributed by atoms with Crippen LogP contribution in [0, 0.1) is 13.8 Å². The van der Waals surface area contributed by atoms with E-state index in [1.165, 1.54) is 16.7 Å². The second-order valence-electron chi connectivity index (χ2n) is 5.11. The zero-order valence-electron chi connectivity index (χ0n) is 11.3. The summed E-state index contributed by atoms with van der Waals surface area (Å²) in [6.07, 6.45) is 0.892. The van der Waals surface area contributed by atoms with Crippen LogP contribution in [0.5, 0.6) is 0 Å². The monoisotopic (exact) mass is 251 g/mol. The summed E-state index contributed by atoms with van der Waals surface area (Å²) in [4.78, 5) is 5.56. The van der Waals surface area contributed by atoms with E-state index in [0.29, 0.717) is 0 Å². The smallest absolute Gasteiger partial charge is 0.158 e. The summed E-state index contributed by atoms with van der Waals surface area (Å²) < 4.78 is 0. The molecule has 0 radical (unpaired) electrons. The number of aryl methyl sites for hydroxylation is 2. The Bertz CT molecular complexity index is 596. The van der Waals surface area contributed by atoms with Crippen LogP contribution in [0.25, 0.3) is 0 Å². The highest BCUT2D eigenvalue weighted by atomic mass is 16.6. The molecule has 1 aliphatic rings. The molecule has 2 aromatic carbocycles. The van der Waals surface area contributed by atoms with Gasteiger partial charge in [-0.1, -0.05) is 64.8 Å². The first-order chi connectivity index (χ1) is 9.22. The van der Waals surface area contributed by atoms with E-state index < -0.39 is 0 Å². The van der Waals surface area contributed by atoms with Gasteiger partial charge in [0, 0.05) is 6.42 Å². The highest BCUT2D eigenvalue weighted by molar-refractivity contribution is 6.01. The maximum Gasteiger partial charge on any atom is 0.158 e. The molecule has 0 amide bonds. The van der Waals surface area contributed by atoms with E-state index in [-0.39, 0.29) is 6.10 Å². The van der Waals surface area contributed by atoms with E-state index in [4.69, 9.17) is 4.84 Å². The van der Waals surface area contributed by atoms with Crippen molar-refractivity contribution in [2.75, 3.05) is 0 Å². The lowest BCUT2D eigenvalue weighted by atomic mass is 9.99. The number of benzene rings is 2. The quantitative estimate of drug-likeness (QED) is 0.785. The third kappa shape index (κ3) is 2.53. The molecule has 19 heavy (non-hydrogen) atoms. The molecule has 0 fully saturated rings. The molecule has 96 valence electrons. The SMILES string of the molecule is Cc1ccc(C2=NOC(c3ccc(C)cc3)C2)cc1. The minimum Gasteiger partial charge on any atom is -0.387 e. The predicted octanol–water partition coefficient (Wildman–Crippen LogP) is 4.17. The van der Waals surface area contributed by atoms with Gasteiger partial charge in [-0.25, -0.2) is 0 Å². The molecule has 1 atom stereocenters. The fourth-order valence-corrected chi connectivity index (χ4v) is 2.25. The van der Waals surface area contributed by atoms with Gasteiger partial charge >= 0.3 is 0 Å². The van der Waals surface area contributed by atoms with Crippen molar-refractivity contribution >= 4 is 5.71 Å². The minimum atomic E-state index is 0.0527.